The lowest BCUT2D eigenvalue weighted by Crippen LogP contribution is -2.26. The quantitative estimate of drug-likeness (QED) is 0.711. The third-order valence-corrected chi connectivity index (χ3v) is 2.87. The Labute approximate surface area is 89.9 Å². The zero-order valence-corrected chi connectivity index (χ0v) is 9.16. The van der Waals surface area contributed by atoms with Crippen LogP contribution in [0, 0.1) is 12.8 Å². The minimum Gasteiger partial charge on any atom is -0.399 e. The van der Waals surface area contributed by atoms with Gasteiger partial charge in [-0.15, -0.1) is 0 Å². The van der Waals surface area contributed by atoms with E-state index < -0.39 is 0 Å². The first-order chi connectivity index (χ1) is 7.08. The minimum atomic E-state index is 0.145. The van der Waals surface area contributed by atoms with Crippen molar-refractivity contribution in [2.45, 2.75) is 20.3 Å². The van der Waals surface area contributed by atoms with Crippen LogP contribution in [0.1, 0.15) is 18.9 Å². The molecule has 0 radical (unpaired) electrons. The van der Waals surface area contributed by atoms with Crippen LogP contribution >= 0.6 is 0 Å². The van der Waals surface area contributed by atoms with Gasteiger partial charge in [0.05, 0.1) is 0 Å². The summed E-state index contributed by atoms with van der Waals surface area (Å²) < 4.78 is 0. The van der Waals surface area contributed by atoms with E-state index in [0.717, 1.165) is 29.9 Å². The van der Waals surface area contributed by atoms with Crippen LogP contribution in [0.25, 0.3) is 0 Å². The monoisotopic (exact) mass is 204 g/mol. The fraction of sp³-hybridized carbons (Fsp3) is 0.417. The Balaban J connectivity index is 2.34. The summed E-state index contributed by atoms with van der Waals surface area (Å²) in [4.78, 5) is 13.6. The number of carbonyl (C=O) groups excluding carboxylic acids is 1. The van der Waals surface area contributed by atoms with Gasteiger partial charge in [0.15, 0.2) is 0 Å². The minimum absolute atomic E-state index is 0.145. The number of aryl methyl sites for hydroxylation is 1. The van der Waals surface area contributed by atoms with Crippen LogP contribution in [0.15, 0.2) is 18.2 Å². The lowest BCUT2D eigenvalue weighted by atomic mass is 10.1. The molecule has 3 heteroatoms. The first-order valence-electron chi connectivity index (χ1n) is 5.26. The molecule has 1 saturated heterocycles. The molecule has 1 aliphatic rings. The smallest absolute Gasteiger partial charge is 0.229 e. The second kappa shape index (κ2) is 3.57. The molecular weight excluding hydrogens is 188 g/mol. The molecule has 2 N–H and O–H groups in total. The number of nitrogen functional groups attached to an aromatic ring is 1. The van der Waals surface area contributed by atoms with Gasteiger partial charge in [0.2, 0.25) is 5.91 Å². The van der Waals surface area contributed by atoms with Crippen LogP contribution in [0.4, 0.5) is 11.4 Å². The van der Waals surface area contributed by atoms with Crippen LogP contribution in [0.3, 0.4) is 0 Å². The molecule has 15 heavy (non-hydrogen) atoms. The highest BCUT2D eigenvalue weighted by molar-refractivity contribution is 5.97. The standard InChI is InChI=1S/C12H16N2O/c1-8-5-10(13)7-11(6-8)14-4-3-9(2)12(14)15/h5-7,9H,3-4,13H2,1-2H3. The molecule has 2 rings (SSSR count). The molecule has 1 aromatic carbocycles. The Hall–Kier alpha value is -1.51. The predicted molar refractivity (Wildman–Crippen MR) is 61.7 cm³/mol. The summed E-state index contributed by atoms with van der Waals surface area (Å²) in [6.45, 7) is 4.77. The summed E-state index contributed by atoms with van der Waals surface area (Å²) in [6, 6.07) is 5.78. The molecule has 0 spiro atoms. The van der Waals surface area contributed by atoms with Gasteiger partial charge in [-0.05, 0) is 37.1 Å². The molecule has 0 aliphatic carbocycles. The zero-order chi connectivity index (χ0) is 11.0. The fourth-order valence-electron chi connectivity index (χ4n) is 2.03. The van der Waals surface area contributed by atoms with Crippen molar-refractivity contribution in [2.24, 2.45) is 5.92 Å². The van der Waals surface area contributed by atoms with Crippen molar-refractivity contribution in [3.63, 3.8) is 0 Å². The highest BCUT2D eigenvalue weighted by Crippen LogP contribution is 2.27. The summed E-state index contributed by atoms with van der Waals surface area (Å²) in [6.07, 6.45) is 0.937. The van der Waals surface area contributed by atoms with Crippen molar-refractivity contribution in [1.82, 2.24) is 0 Å². The lowest BCUT2D eigenvalue weighted by molar-refractivity contribution is -0.119. The first kappa shape index (κ1) is 10.0. The molecule has 1 amide bonds. The summed E-state index contributed by atoms with van der Waals surface area (Å²) >= 11 is 0. The summed E-state index contributed by atoms with van der Waals surface area (Å²) in [5, 5.41) is 0. The van der Waals surface area contributed by atoms with Gasteiger partial charge in [0.1, 0.15) is 0 Å². The van der Waals surface area contributed by atoms with Gasteiger partial charge in [-0.25, -0.2) is 0 Å². The molecule has 1 fully saturated rings. The maximum absolute atomic E-state index is 11.8. The highest BCUT2D eigenvalue weighted by Gasteiger charge is 2.28. The zero-order valence-electron chi connectivity index (χ0n) is 9.16. The molecule has 0 aromatic heterocycles. The van der Waals surface area contributed by atoms with Gasteiger partial charge in [0, 0.05) is 23.8 Å². The normalized spacial score (nSPS) is 21.1. The Morgan fingerprint density at radius 2 is 2.13 bits per heavy atom. The highest BCUT2D eigenvalue weighted by atomic mass is 16.2. The average Bonchev–Trinajstić information content (AvgIpc) is 2.46. The van der Waals surface area contributed by atoms with E-state index in [1.165, 1.54) is 0 Å². The number of nitrogens with two attached hydrogens (primary N) is 1. The number of rotatable bonds is 1. The molecule has 1 aliphatic heterocycles. The molecular formula is C12H16N2O. The third-order valence-electron chi connectivity index (χ3n) is 2.87. The van der Waals surface area contributed by atoms with E-state index in [9.17, 15) is 4.79 Å². The number of nitrogens with zero attached hydrogens (tertiary/aromatic N) is 1. The van der Waals surface area contributed by atoms with Gasteiger partial charge < -0.3 is 10.6 Å². The van der Waals surface area contributed by atoms with E-state index in [-0.39, 0.29) is 11.8 Å². The summed E-state index contributed by atoms with van der Waals surface area (Å²) in [5.41, 5.74) is 8.52. The van der Waals surface area contributed by atoms with E-state index in [0.29, 0.717) is 0 Å². The average molecular weight is 204 g/mol. The Morgan fingerprint density at radius 3 is 2.67 bits per heavy atom. The van der Waals surface area contributed by atoms with Crippen molar-refractivity contribution in [3.05, 3.63) is 23.8 Å². The Bertz CT molecular complexity index is 380. The summed E-state index contributed by atoms with van der Waals surface area (Å²) in [7, 11) is 0. The number of benzene rings is 1. The van der Waals surface area contributed by atoms with E-state index in [4.69, 9.17) is 5.73 Å². The van der Waals surface area contributed by atoms with E-state index in [2.05, 4.69) is 0 Å². The van der Waals surface area contributed by atoms with Crippen LogP contribution in [-0.2, 0) is 4.79 Å². The number of hydrogen-bond acceptors (Lipinski definition) is 2. The van der Waals surface area contributed by atoms with Crippen LogP contribution < -0.4 is 10.6 Å². The van der Waals surface area contributed by atoms with Crippen molar-refractivity contribution in [3.8, 4) is 0 Å². The van der Waals surface area contributed by atoms with Crippen molar-refractivity contribution >= 4 is 17.3 Å². The van der Waals surface area contributed by atoms with Gasteiger partial charge in [-0.3, -0.25) is 4.79 Å². The van der Waals surface area contributed by atoms with Gasteiger partial charge in [-0.1, -0.05) is 6.92 Å². The van der Waals surface area contributed by atoms with Gasteiger partial charge in [0.25, 0.3) is 0 Å². The maximum Gasteiger partial charge on any atom is 0.229 e. The van der Waals surface area contributed by atoms with E-state index in [1.54, 1.807) is 0 Å². The van der Waals surface area contributed by atoms with Crippen LogP contribution in [0.2, 0.25) is 0 Å². The number of carbonyl (C=O) groups is 1. The predicted octanol–water partition coefficient (Wildman–Crippen LogP) is 1.95. The molecule has 1 heterocycles. The lowest BCUT2D eigenvalue weighted by Gasteiger charge is -2.17. The molecule has 0 saturated carbocycles. The molecule has 1 atom stereocenters. The third kappa shape index (κ3) is 1.82. The molecule has 80 valence electrons. The van der Waals surface area contributed by atoms with E-state index >= 15 is 0 Å². The topological polar surface area (TPSA) is 46.3 Å². The summed E-state index contributed by atoms with van der Waals surface area (Å²) in [5.74, 6) is 0.353. The van der Waals surface area contributed by atoms with E-state index in [1.807, 2.05) is 36.9 Å². The first-order valence-corrected chi connectivity index (χ1v) is 5.26. The fourth-order valence-corrected chi connectivity index (χ4v) is 2.03. The molecule has 0 bridgehead atoms. The van der Waals surface area contributed by atoms with Crippen molar-refractivity contribution < 1.29 is 4.79 Å². The molecule has 1 unspecified atom stereocenters. The second-order valence-electron chi connectivity index (χ2n) is 4.28. The largest absolute Gasteiger partial charge is 0.399 e. The maximum atomic E-state index is 11.8. The van der Waals surface area contributed by atoms with Gasteiger partial charge in [-0.2, -0.15) is 0 Å². The number of hydrogen-bond donors (Lipinski definition) is 1. The number of anilines is 2. The van der Waals surface area contributed by atoms with Crippen molar-refractivity contribution in [1.29, 1.82) is 0 Å². The second-order valence-corrected chi connectivity index (χ2v) is 4.28. The number of amides is 1. The van der Waals surface area contributed by atoms with Crippen LogP contribution in [-0.4, -0.2) is 12.5 Å². The molecule has 1 aromatic rings. The Kier molecular flexibility index (Phi) is 2.39. The van der Waals surface area contributed by atoms with Gasteiger partial charge >= 0.3 is 0 Å². The Morgan fingerprint density at radius 1 is 1.40 bits per heavy atom. The van der Waals surface area contributed by atoms with Crippen LogP contribution in [0.5, 0.6) is 0 Å². The van der Waals surface area contributed by atoms with Crippen molar-refractivity contribution in [2.75, 3.05) is 17.2 Å². The molecule has 3 nitrogen and oxygen atoms in total. The SMILES string of the molecule is Cc1cc(N)cc(N2CCC(C)C2=O)c1.